The van der Waals surface area contributed by atoms with Crippen molar-refractivity contribution in [2.24, 2.45) is 17.8 Å². The van der Waals surface area contributed by atoms with Gasteiger partial charge in [-0.15, -0.1) is 0 Å². The molecule has 5 rings (SSSR count). The van der Waals surface area contributed by atoms with Crippen LogP contribution in [-0.4, -0.2) is 37.2 Å². The van der Waals surface area contributed by atoms with Crippen LogP contribution in [-0.2, 0) is 9.53 Å². The van der Waals surface area contributed by atoms with E-state index in [2.05, 4.69) is 10.6 Å². The predicted molar refractivity (Wildman–Crippen MR) is 71.7 cm³/mol. The van der Waals surface area contributed by atoms with Crippen molar-refractivity contribution >= 4 is 5.91 Å². The number of hydrogen-bond acceptors (Lipinski definition) is 3. The van der Waals surface area contributed by atoms with Crippen LogP contribution in [0.1, 0.15) is 38.5 Å². The fourth-order valence-corrected chi connectivity index (χ4v) is 5.34. The van der Waals surface area contributed by atoms with Crippen molar-refractivity contribution in [2.75, 3.05) is 19.7 Å². The third-order valence-electron chi connectivity index (χ3n) is 5.65. The van der Waals surface area contributed by atoms with E-state index in [1.54, 1.807) is 0 Å². The fourth-order valence-electron chi connectivity index (χ4n) is 5.34. The molecule has 1 amide bonds. The van der Waals surface area contributed by atoms with Gasteiger partial charge in [0.15, 0.2) is 0 Å². The molecular weight excluding hydrogens is 240 g/mol. The van der Waals surface area contributed by atoms with Gasteiger partial charge in [0, 0.05) is 18.6 Å². The summed E-state index contributed by atoms with van der Waals surface area (Å²) in [5, 5.41) is 6.63. The number of rotatable bonds is 2. The number of amides is 1. The topological polar surface area (TPSA) is 50.4 Å². The van der Waals surface area contributed by atoms with Crippen LogP contribution in [0.5, 0.6) is 0 Å². The molecule has 19 heavy (non-hydrogen) atoms. The van der Waals surface area contributed by atoms with Crippen LogP contribution in [0.15, 0.2) is 0 Å². The van der Waals surface area contributed by atoms with Gasteiger partial charge in [0.2, 0.25) is 0 Å². The van der Waals surface area contributed by atoms with Crippen molar-refractivity contribution < 1.29 is 9.53 Å². The summed E-state index contributed by atoms with van der Waals surface area (Å²) in [6.45, 7) is 2.18. The van der Waals surface area contributed by atoms with Crippen LogP contribution in [0.4, 0.5) is 0 Å². The Bertz CT molecular complexity index is 341. The van der Waals surface area contributed by atoms with E-state index in [4.69, 9.17) is 4.74 Å². The summed E-state index contributed by atoms with van der Waals surface area (Å²) in [5.41, 5.74) is 0.118. The molecule has 0 aromatic carbocycles. The largest absolute Gasteiger partial charge is 0.366 e. The van der Waals surface area contributed by atoms with Gasteiger partial charge in [-0.3, -0.25) is 4.79 Å². The lowest BCUT2D eigenvalue weighted by atomic mass is 9.53. The first kappa shape index (κ1) is 12.2. The van der Waals surface area contributed by atoms with E-state index in [1.165, 1.54) is 38.5 Å². The lowest BCUT2D eigenvalue weighted by Gasteiger charge is -2.57. The molecule has 0 spiro atoms. The Morgan fingerprint density at radius 3 is 2.26 bits per heavy atom. The molecule has 1 unspecified atom stereocenters. The van der Waals surface area contributed by atoms with E-state index in [0.717, 1.165) is 24.3 Å². The smallest absolute Gasteiger partial charge is 0.250 e. The van der Waals surface area contributed by atoms with E-state index < -0.39 is 0 Å². The summed E-state index contributed by atoms with van der Waals surface area (Å²) in [6.07, 6.45) is 7.60. The van der Waals surface area contributed by atoms with E-state index in [-0.39, 0.29) is 17.6 Å². The van der Waals surface area contributed by atoms with Gasteiger partial charge in [-0.05, 0) is 56.3 Å². The molecule has 1 atom stereocenters. The zero-order valence-corrected chi connectivity index (χ0v) is 11.5. The Labute approximate surface area is 114 Å². The Morgan fingerprint density at radius 2 is 1.74 bits per heavy atom. The van der Waals surface area contributed by atoms with Gasteiger partial charge in [-0.1, -0.05) is 0 Å². The molecule has 2 N–H and O–H groups in total. The number of nitrogens with one attached hydrogen (secondary N) is 2. The normalized spacial score (nSPS) is 48.2. The number of morpholine rings is 1. The Morgan fingerprint density at radius 1 is 1.11 bits per heavy atom. The van der Waals surface area contributed by atoms with Crippen LogP contribution < -0.4 is 10.6 Å². The van der Waals surface area contributed by atoms with E-state index in [1.807, 2.05) is 0 Å². The Balaban J connectivity index is 1.45. The third-order valence-corrected chi connectivity index (χ3v) is 5.65. The molecule has 4 heteroatoms. The minimum atomic E-state index is -0.276. The highest BCUT2D eigenvalue weighted by molar-refractivity contribution is 5.82. The zero-order valence-electron chi connectivity index (χ0n) is 11.5. The average molecular weight is 264 g/mol. The number of hydrogen-bond donors (Lipinski definition) is 2. The molecule has 4 saturated carbocycles. The number of ether oxygens (including phenoxy) is 1. The molecule has 4 nitrogen and oxygen atoms in total. The molecule has 0 aromatic rings. The van der Waals surface area contributed by atoms with Crippen LogP contribution >= 0.6 is 0 Å². The summed E-state index contributed by atoms with van der Waals surface area (Å²) in [4.78, 5) is 12.4. The highest BCUT2D eigenvalue weighted by Gasteiger charge is 2.51. The van der Waals surface area contributed by atoms with Crippen molar-refractivity contribution in [3.8, 4) is 0 Å². The van der Waals surface area contributed by atoms with Crippen LogP contribution in [0, 0.1) is 17.8 Å². The van der Waals surface area contributed by atoms with Gasteiger partial charge in [0.05, 0.1) is 6.61 Å². The van der Waals surface area contributed by atoms with Gasteiger partial charge >= 0.3 is 0 Å². The molecular formula is C15H24N2O2. The molecule has 0 radical (unpaired) electrons. The molecule has 1 aliphatic heterocycles. The molecule has 1 saturated heterocycles. The molecule has 4 aliphatic carbocycles. The van der Waals surface area contributed by atoms with Crippen molar-refractivity contribution in [3.05, 3.63) is 0 Å². The maximum absolute atomic E-state index is 12.4. The molecule has 106 valence electrons. The van der Waals surface area contributed by atoms with Gasteiger partial charge in [0.25, 0.3) is 5.91 Å². The summed E-state index contributed by atoms with van der Waals surface area (Å²) >= 11 is 0. The van der Waals surface area contributed by atoms with Crippen LogP contribution in [0.25, 0.3) is 0 Å². The minimum absolute atomic E-state index is 0.118. The highest BCUT2D eigenvalue weighted by atomic mass is 16.5. The summed E-state index contributed by atoms with van der Waals surface area (Å²) < 4.78 is 5.58. The minimum Gasteiger partial charge on any atom is -0.366 e. The molecule has 0 aromatic heterocycles. The second-order valence-electron chi connectivity index (χ2n) is 7.25. The maximum Gasteiger partial charge on any atom is 0.250 e. The summed E-state index contributed by atoms with van der Waals surface area (Å²) in [7, 11) is 0. The fraction of sp³-hybridized carbons (Fsp3) is 0.933. The van der Waals surface area contributed by atoms with Gasteiger partial charge < -0.3 is 15.4 Å². The van der Waals surface area contributed by atoms with Crippen molar-refractivity contribution in [1.29, 1.82) is 0 Å². The second-order valence-corrected chi connectivity index (χ2v) is 7.25. The molecule has 5 fully saturated rings. The first-order valence-electron chi connectivity index (χ1n) is 7.87. The molecule has 4 bridgehead atoms. The highest BCUT2D eigenvalue weighted by Crippen LogP contribution is 2.55. The quantitative estimate of drug-likeness (QED) is 0.784. The summed E-state index contributed by atoms with van der Waals surface area (Å²) in [5.74, 6) is 2.74. The lowest BCUT2D eigenvalue weighted by molar-refractivity contribution is -0.139. The van der Waals surface area contributed by atoms with Crippen molar-refractivity contribution in [2.45, 2.75) is 50.2 Å². The van der Waals surface area contributed by atoms with Crippen LogP contribution in [0.2, 0.25) is 0 Å². The first-order valence-corrected chi connectivity index (χ1v) is 7.87. The number of carbonyl (C=O) groups is 1. The van der Waals surface area contributed by atoms with Gasteiger partial charge in [-0.2, -0.15) is 0 Å². The standard InChI is InChI=1S/C15H24N2O2/c18-14(13-9-16-1-2-19-13)17-15-6-10-3-11(7-15)5-12(4-10)8-15/h10-13,16H,1-9H2,(H,17,18). The predicted octanol–water partition coefficient (Wildman–Crippen LogP) is 1.06. The molecule has 1 heterocycles. The Kier molecular flexibility index (Phi) is 2.85. The van der Waals surface area contributed by atoms with Crippen molar-refractivity contribution in [3.63, 3.8) is 0 Å². The monoisotopic (exact) mass is 264 g/mol. The van der Waals surface area contributed by atoms with Crippen molar-refractivity contribution in [1.82, 2.24) is 10.6 Å². The van der Waals surface area contributed by atoms with Gasteiger partial charge in [-0.25, -0.2) is 0 Å². The molecule has 5 aliphatic rings. The second kappa shape index (κ2) is 4.45. The third kappa shape index (κ3) is 2.19. The van der Waals surface area contributed by atoms with Crippen LogP contribution in [0.3, 0.4) is 0 Å². The first-order chi connectivity index (χ1) is 9.22. The van der Waals surface area contributed by atoms with Gasteiger partial charge in [0.1, 0.15) is 6.10 Å². The van der Waals surface area contributed by atoms with E-state index in [0.29, 0.717) is 13.2 Å². The lowest BCUT2D eigenvalue weighted by Crippen LogP contribution is -2.62. The average Bonchev–Trinajstić information content (AvgIpc) is 2.37. The van der Waals surface area contributed by atoms with E-state index >= 15 is 0 Å². The number of carbonyl (C=O) groups excluding carboxylic acids is 1. The Hall–Kier alpha value is -0.610. The summed E-state index contributed by atoms with van der Waals surface area (Å²) in [6, 6.07) is 0. The maximum atomic E-state index is 12.4. The zero-order chi connectivity index (χ0) is 12.9. The SMILES string of the molecule is O=C(NC12CC3CC(CC(C3)C1)C2)C1CNCCO1. The van der Waals surface area contributed by atoms with E-state index in [9.17, 15) is 4.79 Å².